The van der Waals surface area contributed by atoms with Crippen LogP contribution in [-0.2, 0) is 19.4 Å². The Morgan fingerprint density at radius 3 is 2.56 bits per heavy atom. The fourth-order valence-electron chi connectivity index (χ4n) is 4.36. The van der Waals surface area contributed by atoms with Gasteiger partial charge in [-0.25, -0.2) is 8.42 Å². The Hall–Kier alpha value is -0.580. The lowest BCUT2D eigenvalue weighted by Gasteiger charge is -2.29. The lowest BCUT2D eigenvalue weighted by Crippen LogP contribution is -2.39. The largest absolute Gasteiger partial charge is 0.469 e. The van der Waals surface area contributed by atoms with Crippen LogP contribution < -0.4 is 0 Å². The van der Waals surface area contributed by atoms with Gasteiger partial charge in [0.25, 0.3) is 0 Å². The van der Waals surface area contributed by atoms with Gasteiger partial charge in [-0.05, 0) is 30.1 Å². The third-order valence-electron chi connectivity index (χ3n) is 4.99. The standard InChI is InChI=1S/C11H16O4S/c1-5-6-3-7-8(5)4-16(13,14)10(7)9(6)11(12)15-2/h5-10H,3-4H2,1-2H3. The van der Waals surface area contributed by atoms with Gasteiger partial charge >= 0.3 is 5.97 Å². The smallest absolute Gasteiger partial charge is 0.310 e. The summed E-state index contributed by atoms with van der Waals surface area (Å²) in [5.74, 6) is 0.650. The van der Waals surface area contributed by atoms with E-state index in [2.05, 4.69) is 6.92 Å². The van der Waals surface area contributed by atoms with Crippen molar-refractivity contribution >= 4 is 15.8 Å². The molecule has 0 N–H and O–H groups in total. The van der Waals surface area contributed by atoms with Crippen molar-refractivity contribution in [3.8, 4) is 0 Å². The van der Waals surface area contributed by atoms with Crippen LogP contribution in [0.1, 0.15) is 13.3 Å². The molecule has 1 heterocycles. The first-order valence-corrected chi connectivity index (χ1v) is 7.48. The van der Waals surface area contributed by atoms with Crippen molar-refractivity contribution in [2.45, 2.75) is 18.6 Å². The number of hydrogen-bond donors (Lipinski definition) is 0. The molecule has 90 valence electrons. The van der Waals surface area contributed by atoms with Gasteiger partial charge in [0.15, 0.2) is 9.84 Å². The number of rotatable bonds is 1. The van der Waals surface area contributed by atoms with Crippen LogP contribution in [0.4, 0.5) is 0 Å². The van der Waals surface area contributed by atoms with E-state index >= 15 is 0 Å². The molecule has 0 aromatic heterocycles. The summed E-state index contributed by atoms with van der Waals surface area (Å²) in [6.07, 6.45) is 0.898. The Morgan fingerprint density at radius 1 is 1.25 bits per heavy atom. The number of ether oxygens (including phenoxy) is 1. The molecule has 0 aromatic carbocycles. The van der Waals surface area contributed by atoms with Crippen LogP contribution in [0.25, 0.3) is 0 Å². The second-order valence-electron chi connectivity index (χ2n) is 5.43. The van der Waals surface area contributed by atoms with E-state index in [1.54, 1.807) is 0 Å². The highest BCUT2D eigenvalue weighted by Crippen LogP contribution is 2.61. The molecule has 3 fully saturated rings. The van der Waals surface area contributed by atoms with Crippen LogP contribution in [0, 0.1) is 29.6 Å². The van der Waals surface area contributed by atoms with Crippen molar-refractivity contribution in [3.63, 3.8) is 0 Å². The average molecular weight is 244 g/mol. The van der Waals surface area contributed by atoms with E-state index in [-0.39, 0.29) is 23.6 Å². The van der Waals surface area contributed by atoms with Crippen molar-refractivity contribution in [2.75, 3.05) is 12.9 Å². The molecule has 2 bridgehead atoms. The molecule has 3 rings (SSSR count). The van der Waals surface area contributed by atoms with Gasteiger partial charge in [-0.1, -0.05) is 6.92 Å². The van der Waals surface area contributed by atoms with Crippen LogP contribution in [0.3, 0.4) is 0 Å². The van der Waals surface area contributed by atoms with Crippen LogP contribution in [-0.4, -0.2) is 32.5 Å². The SMILES string of the molecule is COC(=O)C1C2CC3C(CS(=O)(=O)C31)C2C. The summed E-state index contributed by atoms with van der Waals surface area (Å²) in [5.41, 5.74) is 0. The molecule has 4 nitrogen and oxygen atoms in total. The molecular weight excluding hydrogens is 228 g/mol. The summed E-state index contributed by atoms with van der Waals surface area (Å²) in [6, 6.07) is 0. The van der Waals surface area contributed by atoms with Crippen LogP contribution in [0.15, 0.2) is 0 Å². The molecule has 1 aliphatic heterocycles. The quantitative estimate of drug-likeness (QED) is 0.629. The van der Waals surface area contributed by atoms with E-state index in [0.29, 0.717) is 11.8 Å². The minimum atomic E-state index is -3.07. The molecule has 2 saturated carbocycles. The van der Waals surface area contributed by atoms with E-state index < -0.39 is 21.0 Å². The monoisotopic (exact) mass is 244 g/mol. The second-order valence-corrected chi connectivity index (χ2v) is 7.63. The first-order valence-electron chi connectivity index (χ1n) is 5.76. The lowest BCUT2D eigenvalue weighted by atomic mass is 9.76. The molecule has 5 heteroatoms. The number of fused-ring (bicyclic) bond motifs is 1. The zero-order valence-corrected chi connectivity index (χ0v) is 10.2. The van der Waals surface area contributed by atoms with Crippen molar-refractivity contribution in [1.82, 2.24) is 0 Å². The highest BCUT2D eigenvalue weighted by molar-refractivity contribution is 7.92. The van der Waals surface area contributed by atoms with Gasteiger partial charge in [0.2, 0.25) is 0 Å². The van der Waals surface area contributed by atoms with Gasteiger partial charge in [-0.15, -0.1) is 0 Å². The van der Waals surface area contributed by atoms with Gasteiger partial charge in [0, 0.05) is 0 Å². The Kier molecular flexibility index (Phi) is 1.98. The second kappa shape index (κ2) is 3.00. The number of sulfone groups is 1. The topological polar surface area (TPSA) is 60.4 Å². The maximum Gasteiger partial charge on any atom is 0.310 e. The Morgan fingerprint density at radius 2 is 1.94 bits per heavy atom. The normalized spacial score (nSPS) is 51.9. The third-order valence-corrected chi connectivity index (χ3v) is 7.32. The van der Waals surface area contributed by atoms with Crippen molar-refractivity contribution in [2.24, 2.45) is 29.6 Å². The van der Waals surface area contributed by atoms with Gasteiger partial charge in [0.1, 0.15) is 0 Å². The highest BCUT2D eigenvalue weighted by Gasteiger charge is 2.67. The predicted octanol–water partition coefficient (Wildman–Crippen LogP) is 0.475. The van der Waals surface area contributed by atoms with E-state index in [0.717, 1.165) is 6.42 Å². The zero-order valence-electron chi connectivity index (χ0n) is 9.42. The summed E-state index contributed by atoms with van der Waals surface area (Å²) in [7, 11) is -1.72. The summed E-state index contributed by atoms with van der Waals surface area (Å²) in [5, 5.41) is -0.439. The van der Waals surface area contributed by atoms with Gasteiger partial charge < -0.3 is 4.74 Å². The van der Waals surface area contributed by atoms with Gasteiger partial charge in [-0.2, -0.15) is 0 Å². The molecule has 6 unspecified atom stereocenters. The molecule has 0 amide bonds. The third kappa shape index (κ3) is 1.05. The highest BCUT2D eigenvalue weighted by atomic mass is 32.2. The summed E-state index contributed by atoms with van der Waals surface area (Å²) >= 11 is 0. The van der Waals surface area contributed by atoms with Crippen molar-refractivity contribution < 1.29 is 17.9 Å². The number of carbonyl (C=O) groups is 1. The zero-order chi connectivity index (χ0) is 11.7. The van der Waals surface area contributed by atoms with E-state index in [1.165, 1.54) is 7.11 Å². The minimum Gasteiger partial charge on any atom is -0.469 e. The van der Waals surface area contributed by atoms with E-state index in [9.17, 15) is 13.2 Å². The number of carbonyl (C=O) groups excluding carboxylic acids is 1. The maximum absolute atomic E-state index is 12.0. The molecule has 3 aliphatic rings. The molecule has 6 atom stereocenters. The Labute approximate surface area is 95.3 Å². The molecule has 0 radical (unpaired) electrons. The molecule has 16 heavy (non-hydrogen) atoms. The molecule has 0 aromatic rings. The predicted molar refractivity (Wildman–Crippen MR) is 57.3 cm³/mol. The van der Waals surface area contributed by atoms with Gasteiger partial charge in [0.05, 0.1) is 24.0 Å². The fraction of sp³-hybridized carbons (Fsp3) is 0.909. The van der Waals surface area contributed by atoms with E-state index in [1.807, 2.05) is 0 Å². The first kappa shape index (κ1) is 10.6. The van der Waals surface area contributed by atoms with Crippen LogP contribution in [0.5, 0.6) is 0 Å². The first-order chi connectivity index (χ1) is 7.47. The number of esters is 1. The summed E-state index contributed by atoms with van der Waals surface area (Å²) in [4.78, 5) is 11.7. The minimum absolute atomic E-state index is 0.217. The Balaban J connectivity index is 2.07. The Bertz CT molecular complexity index is 441. The van der Waals surface area contributed by atoms with Crippen molar-refractivity contribution in [3.05, 3.63) is 0 Å². The van der Waals surface area contributed by atoms with E-state index in [4.69, 9.17) is 4.74 Å². The van der Waals surface area contributed by atoms with Crippen LogP contribution >= 0.6 is 0 Å². The summed E-state index contributed by atoms with van der Waals surface area (Å²) in [6.45, 7) is 2.09. The van der Waals surface area contributed by atoms with Crippen molar-refractivity contribution in [1.29, 1.82) is 0 Å². The molecule has 1 saturated heterocycles. The lowest BCUT2D eigenvalue weighted by molar-refractivity contribution is -0.147. The average Bonchev–Trinajstić information content (AvgIpc) is 2.80. The summed E-state index contributed by atoms with van der Waals surface area (Å²) < 4.78 is 28.9. The molecular formula is C11H16O4S. The molecule has 0 spiro atoms. The number of methoxy groups -OCH3 is 1. The molecule has 2 aliphatic carbocycles. The number of hydrogen-bond acceptors (Lipinski definition) is 4. The van der Waals surface area contributed by atoms with Gasteiger partial charge in [-0.3, -0.25) is 4.79 Å². The maximum atomic E-state index is 12.0. The van der Waals surface area contributed by atoms with Crippen LogP contribution in [0.2, 0.25) is 0 Å². The fourth-order valence-corrected chi connectivity index (χ4v) is 7.28.